The van der Waals surface area contributed by atoms with Crippen molar-refractivity contribution in [2.45, 2.75) is 24.3 Å². The third-order valence-electron chi connectivity index (χ3n) is 2.15. The van der Waals surface area contributed by atoms with Crippen molar-refractivity contribution >= 4 is 15.7 Å². The molecule has 0 aliphatic carbocycles. The molecule has 0 bridgehead atoms. The molecule has 0 saturated heterocycles. The number of rotatable bonds is 5. The van der Waals surface area contributed by atoms with Crippen molar-refractivity contribution in [2.24, 2.45) is 0 Å². The Kier molecular flexibility index (Phi) is 4.26. The molecular weight excluding hydrogens is 228 g/mol. The fourth-order valence-corrected chi connectivity index (χ4v) is 1.98. The minimum Gasteiger partial charge on any atom is -0.391 e. The largest absolute Gasteiger partial charge is 0.391 e. The SMILES string of the molecule is CCC(O)CNc1ncccc1S(C)(=O)=O. The van der Waals surface area contributed by atoms with E-state index in [9.17, 15) is 13.5 Å². The van der Waals surface area contributed by atoms with E-state index in [0.29, 0.717) is 6.42 Å². The van der Waals surface area contributed by atoms with Crippen molar-refractivity contribution < 1.29 is 13.5 Å². The maximum absolute atomic E-state index is 11.4. The van der Waals surface area contributed by atoms with Crippen LogP contribution in [0.1, 0.15) is 13.3 Å². The number of nitrogens with one attached hydrogen (secondary N) is 1. The van der Waals surface area contributed by atoms with Gasteiger partial charge >= 0.3 is 0 Å². The van der Waals surface area contributed by atoms with Crippen LogP contribution in [0.3, 0.4) is 0 Å². The van der Waals surface area contributed by atoms with Gasteiger partial charge in [0.1, 0.15) is 10.7 Å². The highest BCUT2D eigenvalue weighted by molar-refractivity contribution is 7.90. The lowest BCUT2D eigenvalue weighted by Crippen LogP contribution is -2.20. The first-order valence-electron chi connectivity index (χ1n) is 5.02. The summed E-state index contributed by atoms with van der Waals surface area (Å²) in [6.07, 6.45) is 2.74. The molecule has 1 atom stereocenters. The summed E-state index contributed by atoms with van der Waals surface area (Å²) < 4.78 is 22.9. The van der Waals surface area contributed by atoms with Crippen LogP contribution in [0.2, 0.25) is 0 Å². The first-order chi connectivity index (χ1) is 7.45. The molecule has 0 spiro atoms. The van der Waals surface area contributed by atoms with Gasteiger partial charge in [-0.15, -0.1) is 0 Å². The van der Waals surface area contributed by atoms with Crippen LogP contribution >= 0.6 is 0 Å². The molecule has 1 unspecified atom stereocenters. The third kappa shape index (κ3) is 3.46. The van der Waals surface area contributed by atoms with Crippen LogP contribution in [0.25, 0.3) is 0 Å². The van der Waals surface area contributed by atoms with Gasteiger partial charge in [-0.1, -0.05) is 6.92 Å². The minimum absolute atomic E-state index is 0.151. The molecule has 0 fully saturated rings. The second-order valence-electron chi connectivity index (χ2n) is 3.57. The zero-order valence-corrected chi connectivity index (χ0v) is 10.2. The second-order valence-corrected chi connectivity index (χ2v) is 5.55. The zero-order valence-electron chi connectivity index (χ0n) is 9.34. The number of anilines is 1. The molecule has 0 aromatic carbocycles. The van der Waals surface area contributed by atoms with Gasteiger partial charge < -0.3 is 10.4 Å². The molecule has 0 amide bonds. The van der Waals surface area contributed by atoms with Gasteiger partial charge in [-0.25, -0.2) is 13.4 Å². The summed E-state index contributed by atoms with van der Waals surface area (Å²) in [6, 6.07) is 3.06. The predicted octanol–water partition coefficient (Wildman–Crippen LogP) is 0.668. The summed E-state index contributed by atoms with van der Waals surface area (Å²) in [5.41, 5.74) is 0. The van der Waals surface area contributed by atoms with Gasteiger partial charge in [-0.3, -0.25) is 0 Å². The molecule has 0 aliphatic rings. The van der Waals surface area contributed by atoms with Gasteiger partial charge in [-0.05, 0) is 18.6 Å². The predicted molar refractivity (Wildman–Crippen MR) is 62.1 cm³/mol. The number of aliphatic hydroxyl groups excluding tert-OH is 1. The molecule has 2 N–H and O–H groups in total. The van der Waals surface area contributed by atoms with Crippen molar-refractivity contribution in [1.82, 2.24) is 4.98 Å². The van der Waals surface area contributed by atoms with E-state index in [2.05, 4.69) is 10.3 Å². The average molecular weight is 244 g/mol. The monoisotopic (exact) mass is 244 g/mol. The quantitative estimate of drug-likeness (QED) is 0.795. The van der Waals surface area contributed by atoms with Crippen LogP contribution in [0, 0.1) is 0 Å². The minimum atomic E-state index is -3.29. The Morgan fingerprint density at radius 3 is 2.81 bits per heavy atom. The Labute approximate surface area is 95.4 Å². The fourth-order valence-electron chi connectivity index (χ4n) is 1.18. The van der Waals surface area contributed by atoms with Crippen molar-refractivity contribution in [3.63, 3.8) is 0 Å². The Hall–Kier alpha value is -1.14. The van der Waals surface area contributed by atoms with Gasteiger partial charge in [-0.2, -0.15) is 0 Å². The molecule has 1 aromatic rings. The summed E-state index contributed by atoms with van der Waals surface area (Å²) in [5.74, 6) is 0.289. The highest BCUT2D eigenvalue weighted by Crippen LogP contribution is 2.17. The molecule has 16 heavy (non-hydrogen) atoms. The third-order valence-corrected chi connectivity index (χ3v) is 3.27. The first-order valence-corrected chi connectivity index (χ1v) is 6.91. The van der Waals surface area contributed by atoms with Gasteiger partial charge in [0.2, 0.25) is 0 Å². The van der Waals surface area contributed by atoms with Crippen molar-refractivity contribution in [3.8, 4) is 0 Å². The van der Waals surface area contributed by atoms with Crippen LogP contribution < -0.4 is 5.32 Å². The number of nitrogens with zero attached hydrogens (tertiary/aromatic N) is 1. The molecular formula is C10H16N2O3S. The molecule has 0 aliphatic heterocycles. The Balaban J connectivity index is 2.88. The van der Waals surface area contributed by atoms with E-state index in [-0.39, 0.29) is 17.3 Å². The smallest absolute Gasteiger partial charge is 0.179 e. The number of pyridine rings is 1. The summed E-state index contributed by atoms with van der Waals surface area (Å²) in [5, 5.41) is 12.2. The number of sulfone groups is 1. The standard InChI is InChI=1S/C10H16N2O3S/c1-3-8(13)7-12-10-9(16(2,14)15)5-4-6-11-10/h4-6,8,13H,3,7H2,1-2H3,(H,11,12). The second kappa shape index (κ2) is 5.27. The van der Waals surface area contributed by atoms with Gasteiger partial charge in [0, 0.05) is 19.0 Å². The lowest BCUT2D eigenvalue weighted by Gasteiger charge is -2.12. The van der Waals surface area contributed by atoms with E-state index in [0.717, 1.165) is 6.26 Å². The molecule has 90 valence electrons. The number of hydrogen-bond acceptors (Lipinski definition) is 5. The lowest BCUT2D eigenvalue weighted by atomic mass is 10.3. The van der Waals surface area contributed by atoms with Crippen LogP contribution in [0.15, 0.2) is 23.2 Å². The number of aliphatic hydroxyl groups is 1. The molecule has 0 saturated carbocycles. The van der Waals surface area contributed by atoms with E-state index >= 15 is 0 Å². The molecule has 0 radical (unpaired) electrons. The van der Waals surface area contributed by atoms with E-state index in [1.807, 2.05) is 6.92 Å². The number of hydrogen-bond donors (Lipinski definition) is 2. The summed E-state index contributed by atoms with van der Waals surface area (Å²) >= 11 is 0. The van der Waals surface area contributed by atoms with Crippen LogP contribution in [0.5, 0.6) is 0 Å². The molecule has 1 heterocycles. The Morgan fingerprint density at radius 1 is 1.56 bits per heavy atom. The summed E-state index contributed by atoms with van der Waals surface area (Å²) in [6.45, 7) is 2.14. The van der Waals surface area contributed by atoms with Crippen molar-refractivity contribution in [1.29, 1.82) is 0 Å². The lowest BCUT2D eigenvalue weighted by molar-refractivity contribution is 0.183. The van der Waals surface area contributed by atoms with Crippen molar-refractivity contribution in [3.05, 3.63) is 18.3 Å². The topological polar surface area (TPSA) is 79.3 Å². The summed E-state index contributed by atoms with van der Waals surface area (Å²) in [4.78, 5) is 4.10. The van der Waals surface area contributed by atoms with Crippen LogP contribution in [-0.2, 0) is 9.84 Å². The van der Waals surface area contributed by atoms with Crippen LogP contribution in [-0.4, -0.2) is 37.4 Å². The van der Waals surface area contributed by atoms with E-state index in [4.69, 9.17) is 0 Å². The average Bonchev–Trinajstić information content (AvgIpc) is 2.25. The number of aromatic nitrogens is 1. The fraction of sp³-hybridized carbons (Fsp3) is 0.500. The molecule has 1 aromatic heterocycles. The van der Waals surface area contributed by atoms with Crippen molar-refractivity contribution in [2.75, 3.05) is 18.1 Å². The van der Waals surface area contributed by atoms with E-state index in [1.54, 1.807) is 6.07 Å². The summed E-state index contributed by atoms with van der Waals surface area (Å²) in [7, 11) is -3.29. The maximum Gasteiger partial charge on any atom is 0.179 e. The van der Waals surface area contributed by atoms with E-state index < -0.39 is 15.9 Å². The highest BCUT2D eigenvalue weighted by Gasteiger charge is 2.14. The molecule has 6 heteroatoms. The molecule has 5 nitrogen and oxygen atoms in total. The maximum atomic E-state index is 11.4. The first kappa shape index (κ1) is 12.9. The van der Waals surface area contributed by atoms with Crippen LogP contribution in [0.4, 0.5) is 5.82 Å². The van der Waals surface area contributed by atoms with Gasteiger partial charge in [0.05, 0.1) is 6.10 Å². The van der Waals surface area contributed by atoms with E-state index in [1.165, 1.54) is 12.3 Å². The Bertz CT molecular complexity index is 445. The highest BCUT2D eigenvalue weighted by atomic mass is 32.2. The van der Waals surface area contributed by atoms with Gasteiger partial charge in [0.15, 0.2) is 9.84 Å². The zero-order chi connectivity index (χ0) is 12.2. The Morgan fingerprint density at radius 2 is 2.25 bits per heavy atom. The normalized spacial score (nSPS) is 13.4. The molecule has 1 rings (SSSR count). The van der Waals surface area contributed by atoms with Gasteiger partial charge in [0.25, 0.3) is 0 Å².